The normalized spacial score (nSPS) is 9.89. The lowest BCUT2D eigenvalue weighted by molar-refractivity contribution is -0.385. The molecule has 1 aromatic rings. The van der Waals surface area contributed by atoms with Crippen molar-refractivity contribution in [2.24, 2.45) is 0 Å². The van der Waals surface area contributed by atoms with E-state index in [0.717, 1.165) is 31.0 Å². The monoisotopic (exact) mass is 255 g/mol. The summed E-state index contributed by atoms with van der Waals surface area (Å²) in [4.78, 5) is 21.0. The van der Waals surface area contributed by atoms with Gasteiger partial charge in [-0.2, -0.15) is 0 Å². The van der Waals surface area contributed by atoms with Crippen molar-refractivity contribution in [1.82, 2.24) is 5.32 Å². The lowest BCUT2D eigenvalue weighted by atomic mass is 10.2. The number of carbonyl (C=O) groups excluding carboxylic acids is 1. The highest BCUT2D eigenvalue weighted by Crippen LogP contribution is 2.20. The third-order valence-electron chi connectivity index (χ3n) is 2.23. The highest BCUT2D eigenvalue weighted by Gasteiger charge is 2.12. The van der Waals surface area contributed by atoms with Gasteiger partial charge < -0.3 is 10.6 Å². The van der Waals surface area contributed by atoms with E-state index in [9.17, 15) is 19.3 Å². The number of hydrogen-bond acceptors (Lipinski definition) is 3. The van der Waals surface area contributed by atoms with Crippen molar-refractivity contribution < 1.29 is 14.1 Å². The Morgan fingerprint density at radius 3 is 2.78 bits per heavy atom. The van der Waals surface area contributed by atoms with E-state index in [4.69, 9.17) is 0 Å². The van der Waals surface area contributed by atoms with E-state index in [2.05, 4.69) is 10.6 Å². The van der Waals surface area contributed by atoms with Crippen molar-refractivity contribution >= 4 is 17.4 Å². The number of benzene rings is 1. The van der Waals surface area contributed by atoms with Crippen LogP contribution >= 0.6 is 0 Å². The summed E-state index contributed by atoms with van der Waals surface area (Å²) in [7, 11) is 0. The summed E-state index contributed by atoms with van der Waals surface area (Å²) < 4.78 is 13.4. The summed E-state index contributed by atoms with van der Waals surface area (Å²) in [5, 5.41) is 15.2. The number of nitro benzene ring substituents is 1. The average molecular weight is 255 g/mol. The fourth-order valence-electron chi connectivity index (χ4n) is 1.26. The second kappa shape index (κ2) is 6.53. The van der Waals surface area contributed by atoms with E-state index in [1.54, 1.807) is 0 Å². The van der Waals surface area contributed by atoms with Gasteiger partial charge in [0.1, 0.15) is 0 Å². The minimum atomic E-state index is -0.838. The Balaban J connectivity index is 2.62. The molecule has 0 heterocycles. The number of non-ortho nitro benzene ring substituents is 1. The molecule has 0 aliphatic carbocycles. The van der Waals surface area contributed by atoms with Gasteiger partial charge in [0.25, 0.3) is 5.69 Å². The zero-order chi connectivity index (χ0) is 13.5. The predicted molar refractivity (Wildman–Crippen MR) is 65.0 cm³/mol. The first-order valence-electron chi connectivity index (χ1n) is 5.53. The second-order valence-corrected chi connectivity index (χ2v) is 3.66. The Kier molecular flexibility index (Phi) is 5.04. The maximum atomic E-state index is 13.4. The van der Waals surface area contributed by atoms with Crippen LogP contribution in [0, 0.1) is 15.9 Å². The molecule has 7 heteroatoms. The number of amides is 2. The molecule has 98 valence electrons. The molecule has 0 saturated heterocycles. The van der Waals surface area contributed by atoms with Crippen LogP contribution in [0.4, 0.5) is 20.6 Å². The number of anilines is 1. The SMILES string of the molecule is CCCCNC(=O)Nc1ccc([N+](=O)[O-])cc1F. The molecule has 1 rings (SSSR count). The van der Waals surface area contributed by atoms with E-state index in [1.165, 1.54) is 0 Å². The molecule has 18 heavy (non-hydrogen) atoms. The molecule has 0 atom stereocenters. The number of rotatable bonds is 5. The summed E-state index contributed by atoms with van der Waals surface area (Å²) in [6, 6.07) is 2.52. The van der Waals surface area contributed by atoms with Gasteiger partial charge in [-0.3, -0.25) is 10.1 Å². The number of nitro groups is 1. The van der Waals surface area contributed by atoms with Gasteiger partial charge in [0.15, 0.2) is 5.82 Å². The molecule has 6 nitrogen and oxygen atoms in total. The number of nitrogens with one attached hydrogen (secondary N) is 2. The van der Waals surface area contributed by atoms with E-state index < -0.39 is 16.8 Å². The fourth-order valence-corrected chi connectivity index (χ4v) is 1.26. The summed E-state index contributed by atoms with van der Waals surface area (Å²) in [5.41, 5.74) is -0.445. The van der Waals surface area contributed by atoms with Gasteiger partial charge in [-0.05, 0) is 12.5 Å². The number of hydrogen-bond donors (Lipinski definition) is 2. The third-order valence-corrected chi connectivity index (χ3v) is 2.23. The number of unbranched alkanes of at least 4 members (excludes halogenated alkanes) is 1. The van der Waals surface area contributed by atoms with Crippen LogP contribution in [0.3, 0.4) is 0 Å². The minimum Gasteiger partial charge on any atom is -0.338 e. The van der Waals surface area contributed by atoms with Crippen molar-refractivity contribution in [2.75, 3.05) is 11.9 Å². The Bertz CT molecular complexity index is 451. The molecule has 0 aliphatic rings. The van der Waals surface area contributed by atoms with E-state index >= 15 is 0 Å². The van der Waals surface area contributed by atoms with Crippen molar-refractivity contribution in [3.8, 4) is 0 Å². The first-order chi connectivity index (χ1) is 8.54. The van der Waals surface area contributed by atoms with Gasteiger partial charge in [-0.1, -0.05) is 13.3 Å². The standard InChI is InChI=1S/C11H14FN3O3/c1-2-3-6-13-11(16)14-10-5-4-8(15(17)18)7-9(10)12/h4-5,7H,2-3,6H2,1H3,(H2,13,14,16). The molecule has 0 spiro atoms. The first-order valence-corrected chi connectivity index (χ1v) is 5.53. The van der Waals surface area contributed by atoms with E-state index in [1.807, 2.05) is 6.92 Å². The molecule has 0 fully saturated rings. The Labute approximate surface area is 103 Å². The Morgan fingerprint density at radius 1 is 1.50 bits per heavy atom. The van der Waals surface area contributed by atoms with E-state index in [-0.39, 0.29) is 11.4 Å². The van der Waals surface area contributed by atoms with Gasteiger partial charge in [-0.15, -0.1) is 0 Å². The van der Waals surface area contributed by atoms with Gasteiger partial charge in [0.2, 0.25) is 0 Å². The van der Waals surface area contributed by atoms with Crippen molar-refractivity contribution in [3.63, 3.8) is 0 Å². The lowest BCUT2D eigenvalue weighted by Crippen LogP contribution is -2.29. The number of urea groups is 1. The molecule has 0 radical (unpaired) electrons. The lowest BCUT2D eigenvalue weighted by Gasteiger charge is -2.07. The van der Waals surface area contributed by atoms with Crippen LogP contribution in [0.25, 0.3) is 0 Å². The van der Waals surface area contributed by atoms with Gasteiger partial charge in [-0.25, -0.2) is 9.18 Å². The van der Waals surface area contributed by atoms with Crippen LogP contribution < -0.4 is 10.6 Å². The molecular weight excluding hydrogens is 241 g/mol. The van der Waals surface area contributed by atoms with Crippen molar-refractivity contribution in [1.29, 1.82) is 0 Å². The first kappa shape index (κ1) is 13.9. The van der Waals surface area contributed by atoms with Crippen LogP contribution in [0.2, 0.25) is 0 Å². The van der Waals surface area contributed by atoms with Crippen LogP contribution in [-0.2, 0) is 0 Å². The van der Waals surface area contributed by atoms with Gasteiger partial charge in [0, 0.05) is 12.6 Å². The summed E-state index contributed by atoms with van der Waals surface area (Å²) in [5.74, 6) is -0.838. The Morgan fingerprint density at radius 2 is 2.22 bits per heavy atom. The predicted octanol–water partition coefficient (Wildman–Crippen LogP) is 2.66. The molecule has 0 saturated carbocycles. The summed E-state index contributed by atoms with van der Waals surface area (Å²) in [6.45, 7) is 2.48. The van der Waals surface area contributed by atoms with Crippen molar-refractivity contribution in [2.45, 2.75) is 19.8 Å². The second-order valence-electron chi connectivity index (χ2n) is 3.66. The number of nitrogens with zero attached hydrogens (tertiary/aromatic N) is 1. The molecular formula is C11H14FN3O3. The van der Waals surface area contributed by atoms with Crippen LogP contribution in [0.5, 0.6) is 0 Å². The van der Waals surface area contributed by atoms with Crippen molar-refractivity contribution in [3.05, 3.63) is 34.1 Å². The minimum absolute atomic E-state index is 0.0883. The fraction of sp³-hybridized carbons (Fsp3) is 0.364. The maximum Gasteiger partial charge on any atom is 0.319 e. The highest BCUT2D eigenvalue weighted by molar-refractivity contribution is 5.89. The quantitative estimate of drug-likeness (QED) is 0.482. The third kappa shape index (κ3) is 4.00. The Hall–Kier alpha value is -2.18. The molecule has 1 aromatic carbocycles. The number of carbonyl (C=O) groups is 1. The highest BCUT2D eigenvalue weighted by atomic mass is 19.1. The van der Waals surface area contributed by atoms with Gasteiger partial charge >= 0.3 is 6.03 Å². The zero-order valence-electron chi connectivity index (χ0n) is 9.90. The molecule has 2 amide bonds. The average Bonchev–Trinajstić information content (AvgIpc) is 2.32. The zero-order valence-corrected chi connectivity index (χ0v) is 9.90. The molecule has 0 aliphatic heterocycles. The van der Waals surface area contributed by atoms with Crippen LogP contribution in [-0.4, -0.2) is 17.5 Å². The van der Waals surface area contributed by atoms with Crippen LogP contribution in [0.15, 0.2) is 18.2 Å². The molecule has 0 aromatic heterocycles. The molecule has 0 unspecified atom stereocenters. The van der Waals surface area contributed by atoms with E-state index in [0.29, 0.717) is 6.54 Å². The molecule has 0 bridgehead atoms. The molecule has 2 N–H and O–H groups in total. The largest absolute Gasteiger partial charge is 0.338 e. The van der Waals surface area contributed by atoms with Gasteiger partial charge in [0.05, 0.1) is 16.7 Å². The summed E-state index contributed by atoms with van der Waals surface area (Å²) >= 11 is 0. The summed E-state index contributed by atoms with van der Waals surface area (Å²) in [6.07, 6.45) is 1.77. The smallest absolute Gasteiger partial charge is 0.319 e. The maximum absolute atomic E-state index is 13.4. The number of halogens is 1. The topological polar surface area (TPSA) is 84.3 Å². The van der Waals surface area contributed by atoms with Crippen LogP contribution in [0.1, 0.15) is 19.8 Å².